The zero-order chi connectivity index (χ0) is 19.4. The molecule has 2 aromatic rings. The molecule has 7 nitrogen and oxygen atoms in total. The SMILES string of the molecule is COc1ccc(C(=O)N2CCN(Cc3cccc(F)c3)CC2)cc1[N+](=O)[O-]. The Morgan fingerprint density at radius 2 is 1.93 bits per heavy atom. The lowest BCUT2D eigenvalue weighted by atomic mass is 10.1. The van der Waals surface area contributed by atoms with Crippen LogP contribution in [0.15, 0.2) is 42.5 Å². The normalized spacial score (nSPS) is 14.8. The Labute approximate surface area is 156 Å². The van der Waals surface area contributed by atoms with E-state index in [1.807, 2.05) is 6.07 Å². The number of carbonyl (C=O) groups is 1. The standard InChI is InChI=1S/C19H20FN3O4/c1-27-18-6-5-15(12-17(18)23(25)26)19(24)22-9-7-21(8-10-22)13-14-3-2-4-16(20)11-14/h2-6,11-12H,7-10,13H2,1H3. The van der Waals surface area contributed by atoms with Crippen molar-refractivity contribution in [2.75, 3.05) is 33.3 Å². The van der Waals surface area contributed by atoms with Crippen molar-refractivity contribution < 1.29 is 18.8 Å². The van der Waals surface area contributed by atoms with E-state index in [9.17, 15) is 19.3 Å². The number of carbonyl (C=O) groups excluding carboxylic acids is 1. The predicted octanol–water partition coefficient (Wildman–Crippen LogP) is 2.70. The van der Waals surface area contributed by atoms with Gasteiger partial charge < -0.3 is 9.64 Å². The average Bonchev–Trinajstić information content (AvgIpc) is 2.67. The summed E-state index contributed by atoms with van der Waals surface area (Å²) in [6.07, 6.45) is 0. The minimum atomic E-state index is -0.563. The van der Waals surface area contributed by atoms with Gasteiger partial charge in [-0.25, -0.2) is 4.39 Å². The molecule has 0 bridgehead atoms. The molecule has 0 aliphatic carbocycles. The molecule has 27 heavy (non-hydrogen) atoms. The van der Waals surface area contributed by atoms with E-state index < -0.39 is 4.92 Å². The molecular formula is C19H20FN3O4. The number of rotatable bonds is 5. The summed E-state index contributed by atoms with van der Waals surface area (Å²) in [4.78, 5) is 27.1. The van der Waals surface area contributed by atoms with Crippen LogP contribution in [0.5, 0.6) is 5.75 Å². The zero-order valence-corrected chi connectivity index (χ0v) is 14.9. The second-order valence-electron chi connectivity index (χ2n) is 6.34. The highest BCUT2D eigenvalue weighted by Gasteiger charge is 2.25. The van der Waals surface area contributed by atoms with Crippen LogP contribution in [0.4, 0.5) is 10.1 Å². The van der Waals surface area contributed by atoms with Crippen molar-refractivity contribution in [3.8, 4) is 5.75 Å². The third kappa shape index (κ3) is 4.40. The number of ether oxygens (including phenoxy) is 1. The van der Waals surface area contributed by atoms with Crippen molar-refractivity contribution in [2.45, 2.75) is 6.54 Å². The van der Waals surface area contributed by atoms with Gasteiger partial charge in [-0.3, -0.25) is 19.8 Å². The van der Waals surface area contributed by atoms with Gasteiger partial charge in [0.2, 0.25) is 0 Å². The predicted molar refractivity (Wildman–Crippen MR) is 97.2 cm³/mol. The van der Waals surface area contributed by atoms with E-state index in [-0.39, 0.29) is 28.7 Å². The lowest BCUT2D eigenvalue weighted by Gasteiger charge is -2.34. The van der Waals surface area contributed by atoms with Gasteiger partial charge in [-0.2, -0.15) is 0 Å². The first-order valence-electron chi connectivity index (χ1n) is 8.56. The molecule has 142 valence electrons. The van der Waals surface area contributed by atoms with E-state index in [1.165, 1.54) is 37.4 Å². The van der Waals surface area contributed by atoms with E-state index in [0.717, 1.165) is 5.56 Å². The maximum atomic E-state index is 13.3. The molecule has 0 unspecified atom stereocenters. The molecule has 1 heterocycles. The fraction of sp³-hybridized carbons (Fsp3) is 0.316. The minimum absolute atomic E-state index is 0.122. The first kappa shape index (κ1) is 18.8. The number of nitrogens with zero attached hydrogens (tertiary/aromatic N) is 3. The highest BCUT2D eigenvalue weighted by atomic mass is 19.1. The van der Waals surface area contributed by atoms with Crippen LogP contribution in [0, 0.1) is 15.9 Å². The fourth-order valence-corrected chi connectivity index (χ4v) is 3.15. The molecule has 8 heteroatoms. The van der Waals surface area contributed by atoms with Crippen molar-refractivity contribution in [1.29, 1.82) is 0 Å². The molecule has 1 aliphatic rings. The van der Waals surface area contributed by atoms with Gasteiger partial charge >= 0.3 is 5.69 Å². The number of halogens is 1. The highest BCUT2D eigenvalue weighted by molar-refractivity contribution is 5.95. The Bertz CT molecular complexity index is 851. The molecule has 0 saturated carbocycles. The second-order valence-corrected chi connectivity index (χ2v) is 6.34. The van der Waals surface area contributed by atoms with Gasteiger partial charge in [0.25, 0.3) is 5.91 Å². The van der Waals surface area contributed by atoms with Crippen LogP contribution in [-0.4, -0.2) is 53.9 Å². The molecule has 0 aromatic heterocycles. The summed E-state index contributed by atoms with van der Waals surface area (Å²) in [5.41, 5.74) is 0.926. The summed E-state index contributed by atoms with van der Waals surface area (Å²) in [6, 6.07) is 10.7. The van der Waals surface area contributed by atoms with Gasteiger partial charge in [0.05, 0.1) is 12.0 Å². The summed E-state index contributed by atoms with van der Waals surface area (Å²) in [5, 5.41) is 11.1. The summed E-state index contributed by atoms with van der Waals surface area (Å²) >= 11 is 0. The van der Waals surface area contributed by atoms with Gasteiger partial charge in [-0.05, 0) is 29.8 Å². The molecule has 2 aromatic carbocycles. The largest absolute Gasteiger partial charge is 0.490 e. The number of piperazine rings is 1. The van der Waals surface area contributed by atoms with Crippen LogP contribution < -0.4 is 4.74 Å². The quantitative estimate of drug-likeness (QED) is 0.595. The number of nitro groups is 1. The number of methoxy groups -OCH3 is 1. The summed E-state index contributed by atoms with van der Waals surface area (Å²) in [5.74, 6) is -0.384. The Hall–Kier alpha value is -3.00. The Morgan fingerprint density at radius 1 is 1.19 bits per heavy atom. The number of hydrogen-bond donors (Lipinski definition) is 0. The minimum Gasteiger partial charge on any atom is -0.490 e. The van der Waals surface area contributed by atoms with Crippen molar-refractivity contribution in [2.24, 2.45) is 0 Å². The molecule has 1 amide bonds. The lowest BCUT2D eigenvalue weighted by Crippen LogP contribution is -2.48. The third-order valence-electron chi connectivity index (χ3n) is 4.58. The van der Waals surface area contributed by atoms with E-state index in [1.54, 1.807) is 11.0 Å². The summed E-state index contributed by atoms with van der Waals surface area (Å²) in [7, 11) is 1.35. The molecule has 0 atom stereocenters. The van der Waals surface area contributed by atoms with E-state index >= 15 is 0 Å². The van der Waals surface area contributed by atoms with Gasteiger partial charge in [-0.1, -0.05) is 12.1 Å². The van der Waals surface area contributed by atoms with Crippen LogP contribution in [0.2, 0.25) is 0 Å². The number of amides is 1. The maximum Gasteiger partial charge on any atom is 0.311 e. The monoisotopic (exact) mass is 373 g/mol. The van der Waals surface area contributed by atoms with Crippen LogP contribution in [0.1, 0.15) is 15.9 Å². The Morgan fingerprint density at radius 3 is 2.56 bits per heavy atom. The molecule has 1 aliphatic heterocycles. The summed E-state index contributed by atoms with van der Waals surface area (Å²) in [6.45, 7) is 2.94. The molecular weight excluding hydrogens is 353 g/mol. The Balaban J connectivity index is 1.63. The topological polar surface area (TPSA) is 75.9 Å². The first-order chi connectivity index (χ1) is 13.0. The van der Waals surface area contributed by atoms with Crippen molar-refractivity contribution >= 4 is 11.6 Å². The molecule has 0 spiro atoms. The van der Waals surface area contributed by atoms with Crippen LogP contribution in [0.25, 0.3) is 0 Å². The van der Waals surface area contributed by atoms with Gasteiger partial charge in [0.1, 0.15) is 5.82 Å². The van der Waals surface area contributed by atoms with Gasteiger partial charge in [-0.15, -0.1) is 0 Å². The molecule has 0 N–H and O–H groups in total. The van der Waals surface area contributed by atoms with Crippen molar-refractivity contribution in [3.05, 3.63) is 69.5 Å². The molecule has 3 rings (SSSR count). The average molecular weight is 373 g/mol. The first-order valence-corrected chi connectivity index (χ1v) is 8.56. The van der Waals surface area contributed by atoms with Crippen LogP contribution >= 0.6 is 0 Å². The Kier molecular flexibility index (Phi) is 5.66. The number of benzene rings is 2. The highest BCUT2D eigenvalue weighted by Crippen LogP contribution is 2.28. The number of hydrogen-bond acceptors (Lipinski definition) is 5. The second kappa shape index (κ2) is 8.13. The smallest absolute Gasteiger partial charge is 0.311 e. The zero-order valence-electron chi connectivity index (χ0n) is 14.9. The molecule has 1 fully saturated rings. The summed E-state index contributed by atoms with van der Waals surface area (Å²) < 4.78 is 18.3. The van der Waals surface area contributed by atoms with Gasteiger partial charge in [0, 0.05) is 44.4 Å². The van der Waals surface area contributed by atoms with Gasteiger partial charge in [0.15, 0.2) is 5.75 Å². The molecule has 1 saturated heterocycles. The van der Waals surface area contributed by atoms with Crippen molar-refractivity contribution in [3.63, 3.8) is 0 Å². The fourth-order valence-electron chi connectivity index (χ4n) is 3.15. The van der Waals surface area contributed by atoms with E-state index in [0.29, 0.717) is 32.7 Å². The third-order valence-corrected chi connectivity index (χ3v) is 4.58. The maximum absolute atomic E-state index is 13.3. The van der Waals surface area contributed by atoms with E-state index in [4.69, 9.17) is 4.74 Å². The molecule has 0 radical (unpaired) electrons. The van der Waals surface area contributed by atoms with Crippen LogP contribution in [0.3, 0.4) is 0 Å². The lowest BCUT2D eigenvalue weighted by molar-refractivity contribution is -0.385. The number of nitro benzene ring substituents is 1. The van der Waals surface area contributed by atoms with E-state index in [2.05, 4.69) is 4.90 Å². The van der Waals surface area contributed by atoms with Crippen molar-refractivity contribution in [1.82, 2.24) is 9.80 Å². The van der Waals surface area contributed by atoms with Crippen LogP contribution in [-0.2, 0) is 6.54 Å².